The van der Waals surface area contributed by atoms with Crippen molar-refractivity contribution in [1.29, 1.82) is 0 Å². The van der Waals surface area contributed by atoms with Gasteiger partial charge in [0.1, 0.15) is 11.8 Å². The second kappa shape index (κ2) is 6.32. The second-order valence-corrected chi connectivity index (χ2v) is 4.85. The van der Waals surface area contributed by atoms with E-state index in [0.717, 1.165) is 11.6 Å². The summed E-state index contributed by atoms with van der Waals surface area (Å²) < 4.78 is 44.5. The Balaban J connectivity index is 2.17. The number of hydrogen-bond donors (Lipinski definition) is 2. The summed E-state index contributed by atoms with van der Waals surface area (Å²) in [5.41, 5.74) is 6.83. The minimum absolute atomic E-state index is 0.0436. The minimum Gasteiger partial charge on any atom is -0.472 e. The Bertz CT molecular complexity index is 552. The van der Waals surface area contributed by atoms with E-state index in [4.69, 9.17) is 10.5 Å². The molecule has 2 unspecified atom stereocenters. The van der Waals surface area contributed by atoms with Gasteiger partial charge in [-0.3, -0.25) is 5.32 Å². The van der Waals surface area contributed by atoms with Crippen LogP contribution in [0.25, 0.3) is 0 Å². The fourth-order valence-electron chi connectivity index (χ4n) is 1.99. The van der Waals surface area contributed by atoms with Crippen LogP contribution in [0.4, 0.5) is 13.2 Å². The Morgan fingerprint density at radius 3 is 2.71 bits per heavy atom. The largest absolute Gasteiger partial charge is 0.472 e. The maximum absolute atomic E-state index is 13.0. The molecule has 2 rings (SSSR count). The minimum atomic E-state index is -4.40. The molecule has 3 nitrogen and oxygen atoms in total. The molecule has 2 atom stereocenters. The highest BCUT2D eigenvalue weighted by molar-refractivity contribution is 5.30. The van der Waals surface area contributed by atoms with Gasteiger partial charge in [-0.2, -0.15) is 13.2 Å². The van der Waals surface area contributed by atoms with Crippen molar-refractivity contribution in [2.75, 3.05) is 6.54 Å². The van der Waals surface area contributed by atoms with Crippen LogP contribution in [0.15, 0.2) is 48.1 Å². The van der Waals surface area contributed by atoms with Crippen molar-refractivity contribution in [2.45, 2.75) is 25.4 Å². The van der Waals surface area contributed by atoms with Gasteiger partial charge in [0.15, 0.2) is 6.23 Å². The molecule has 1 aromatic carbocycles. The van der Waals surface area contributed by atoms with Crippen molar-refractivity contribution >= 4 is 0 Å². The zero-order valence-electron chi connectivity index (χ0n) is 11.5. The van der Waals surface area contributed by atoms with Gasteiger partial charge in [0, 0.05) is 6.54 Å². The van der Waals surface area contributed by atoms with E-state index in [-0.39, 0.29) is 6.54 Å². The predicted molar refractivity (Wildman–Crippen MR) is 74.9 cm³/mol. The van der Waals surface area contributed by atoms with Gasteiger partial charge in [0.25, 0.3) is 0 Å². The second-order valence-electron chi connectivity index (χ2n) is 4.85. The van der Waals surface area contributed by atoms with E-state index < -0.39 is 18.4 Å². The van der Waals surface area contributed by atoms with Crippen LogP contribution in [0.1, 0.15) is 5.56 Å². The lowest BCUT2D eigenvalue weighted by Crippen LogP contribution is -2.47. The van der Waals surface area contributed by atoms with Crippen LogP contribution in [-0.2, 0) is 0 Å². The Hall–Kier alpha value is -1.79. The molecule has 3 N–H and O–H groups in total. The third-order valence-electron chi connectivity index (χ3n) is 3.05. The SMILES string of the molecule is Cc1cccc(OC2C=CC(CN)=CC(C(F)(F)F)N2)c1. The standard InChI is InChI=1S/C15H17F3N2O/c1-10-3-2-4-12(7-10)21-14-6-5-11(9-19)8-13(20-14)15(16,17)18/h2-8,13-14,20H,9,19H2,1H3. The number of benzene rings is 1. The number of hydrogen-bond acceptors (Lipinski definition) is 3. The first-order chi connectivity index (χ1) is 9.88. The number of nitrogens with one attached hydrogen (secondary N) is 1. The summed E-state index contributed by atoms with van der Waals surface area (Å²) in [6.45, 7) is 1.93. The molecule has 0 aromatic heterocycles. The van der Waals surface area contributed by atoms with Crippen LogP contribution in [-0.4, -0.2) is 25.0 Å². The third-order valence-corrected chi connectivity index (χ3v) is 3.05. The Morgan fingerprint density at radius 2 is 2.10 bits per heavy atom. The molecule has 6 heteroatoms. The Kier molecular flexibility index (Phi) is 4.69. The van der Waals surface area contributed by atoms with Crippen LogP contribution >= 0.6 is 0 Å². The molecule has 0 aliphatic carbocycles. The lowest BCUT2D eigenvalue weighted by Gasteiger charge is -2.23. The summed E-state index contributed by atoms with van der Waals surface area (Å²) in [6, 6.07) is 5.35. The molecule has 1 aliphatic heterocycles. The van der Waals surface area contributed by atoms with Gasteiger partial charge in [-0.05, 0) is 36.3 Å². The van der Waals surface area contributed by atoms with E-state index in [1.807, 2.05) is 13.0 Å². The lowest BCUT2D eigenvalue weighted by molar-refractivity contribution is -0.148. The van der Waals surface area contributed by atoms with Crippen LogP contribution < -0.4 is 15.8 Å². The predicted octanol–water partition coefficient (Wildman–Crippen LogP) is 2.68. The highest BCUT2D eigenvalue weighted by Crippen LogP contribution is 2.25. The molecule has 0 saturated heterocycles. The summed E-state index contributed by atoms with van der Waals surface area (Å²) in [6.07, 6.45) is -1.11. The molecule has 0 radical (unpaired) electrons. The van der Waals surface area contributed by atoms with Gasteiger partial charge >= 0.3 is 6.18 Å². The average molecular weight is 298 g/mol. The van der Waals surface area contributed by atoms with E-state index in [1.165, 1.54) is 6.08 Å². The van der Waals surface area contributed by atoms with Gasteiger partial charge in [0.2, 0.25) is 0 Å². The maximum atomic E-state index is 13.0. The third kappa shape index (κ3) is 4.34. The molecule has 21 heavy (non-hydrogen) atoms. The van der Waals surface area contributed by atoms with E-state index >= 15 is 0 Å². The number of alkyl halides is 3. The molecular weight excluding hydrogens is 281 g/mol. The zero-order chi connectivity index (χ0) is 15.5. The highest BCUT2D eigenvalue weighted by atomic mass is 19.4. The monoisotopic (exact) mass is 298 g/mol. The number of ether oxygens (including phenoxy) is 1. The fraction of sp³-hybridized carbons (Fsp3) is 0.333. The molecule has 1 aromatic rings. The maximum Gasteiger partial charge on any atom is 0.407 e. The molecular formula is C15H17F3N2O. The number of rotatable bonds is 3. The van der Waals surface area contributed by atoms with Crippen LogP contribution in [0.5, 0.6) is 5.75 Å². The average Bonchev–Trinajstić information content (AvgIpc) is 2.61. The number of nitrogens with two attached hydrogens (primary N) is 1. The molecule has 0 amide bonds. The van der Waals surface area contributed by atoms with Crippen LogP contribution in [0.3, 0.4) is 0 Å². The van der Waals surface area contributed by atoms with Crippen LogP contribution in [0.2, 0.25) is 0 Å². The van der Waals surface area contributed by atoms with Crippen molar-refractivity contribution in [3.63, 3.8) is 0 Å². The first-order valence-corrected chi connectivity index (χ1v) is 6.53. The Labute approximate surface area is 121 Å². The van der Waals surface area contributed by atoms with Gasteiger partial charge in [-0.15, -0.1) is 0 Å². The molecule has 0 saturated carbocycles. The summed E-state index contributed by atoms with van der Waals surface area (Å²) >= 11 is 0. The summed E-state index contributed by atoms with van der Waals surface area (Å²) in [5.74, 6) is 0.509. The normalized spacial score (nSPS) is 22.6. The molecule has 1 heterocycles. The van der Waals surface area contributed by atoms with E-state index in [2.05, 4.69) is 5.32 Å². The van der Waals surface area contributed by atoms with Crippen molar-refractivity contribution in [1.82, 2.24) is 5.32 Å². The van der Waals surface area contributed by atoms with E-state index in [1.54, 1.807) is 24.3 Å². The van der Waals surface area contributed by atoms with E-state index in [9.17, 15) is 13.2 Å². The highest BCUT2D eigenvalue weighted by Gasteiger charge is 2.40. The topological polar surface area (TPSA) is 47.3 Å². The summed E-state index contributed by atoms with van der Waals surface area (Å²) in [5, 5.41) is 2.42. The van der Waals surface area contributed by atoms with Crippen LogP contribution in [0, 0.1) is 6.92 Å². The van der Waals surface area contributed by atoms with Crippen molar-refractivity contribution in [3.05, 3.63) is 53.6 Å². The molecule has 1 aliphatic rings. The Morgan fingerprint density at radius 1 is 1.33 bits per heavy atom. The zero-order valence-corrected chi connectivity index (χ0v) is 11.5. The molecule has 0 bridgehead atoms. The number of aryl methyl sites for hydroxylation is 1. The smallest absolute Gasteiger partial charge is 0.407 e. The van der Waals surface area contributed by atoms with Gasteiger partial charge in [-0.1, -0.05) is 24.3 Å². The van der Waals surface area contributed by atoms with Gasteiger partial charge in [0.05, 0.1) is 0 Å². The van der Waals surface area contributed by atoms with Gasteiger partial charge in [-0.25, -0.2) is 0 Å². The fourth-order valence-corrected chi connectivity index (χ4v) is 1.99. The van der Waals surface area contributed by atoms with Gasteiger partial charge < -0.3 is 10.5 Å². The van der Waals surface area contributed by atoms with Crippen molar-refractivity contribution in [2.24, 2.45) is 5.73 Å². The molecule has 0 spiro atoms. The van der Waals surface area contributed by atoms with Crippen molar-refractivity contribution < 1.29 is 17.9 Å². The molecule has 114 valence electrons. The lowest BCUT2D eigenvalue weighted by atomic mass is 10.1. The summed E-state index contributed by atoms with van der Waals surface area (Å²) in [7, 11) is 0. The first kappa shape index (κ1) is 15.6. The summed E-state index contributed by atoms with van der Waals surface area (Å²) in [4.78, 5) is 0. The van der Waals surface area contributed by atoms with E-state index in [0.29, 0.717) is 11.3 Å². The molecule has 0 fully saturated rings. The van der Waals surface area contributed by atoms with Crippen molar-refractivity contribution in [3.8, 4) is 5.75 Å². The quantitative estimate of drug-likeness (QED) is 0.902. The number of halogens is 3. The first-order valence-electron chi connectivity index (χ1n) is 6.53.